The first kappa shape index (κ1) is 22.3. The molecule has 1 aliphatic heterocycles. The molecule has 0 aromatic heterocycles. The third kappa shape index (κ3) is 4.98. The minimum Gasteiger partial charge on any atom is -0.268 e. The van der Waals surface area contributed by atoms with Crippen molar-refractivity contribution in [2.24, 2.45) is 0 Å². The molecule has 0 radical (unpaired) electrons. The summed E-state index contributed by atoms with van der Waals surface area (Å²) in [5, 5.41) is 12.3. The van der Waals surface area contributed by atoms with Crippen LogP contribution in [0.3, 0.4) is 0 Å². The molecule has 1 heterocycles. The van der Waals surface area contributed by atoms with Crippen LogP contribution in [0.4, 0.5) is 11.4 Å². The van der Waals surface area contributed by atoms with Gasteiger partial charge in [-0.15, -0.1) is 11.8 Å². The van der Waals surface area contributed by atoms with Gasteiger partial charge < -0.3 is 0 Å². The lowest BCUT2D eigenvalue weighted by atomic mass is 10.0. The Bertz CT molecular complexity index is 1080. The lowest BCUT2D eigenvalue weighted by molar-refractivity contribution is -0.384. The molecular weight excluding hydrogens is 472 g/mol. The molecule has 2 aliphatic rings. The average molecular weight is 491 g/mol. The van der Waals surface area contributed by atoms with E-state index >= 15 is 0 Å². The highest BCUT2D eigenvalue weighted by Gasteiger charge is 2.34. The maximum absolute atomic E-state index is 13.1. The van der Waals surface area contributed by atoms with Gasteiger partial charge in [0.25, 0.3) is 11.6 Å². The van der Waals surface area contributed by atoms with E-state index in [4.69, 9.17) is 23.8 Å². The Morgan fingerprint density at radius 1 is 1.19 bits per heavy atom. The molecule has 0 bridgehead atoms. The van der Waals surface area contributed by atoms with E-state index < -0.39 is 4.92 Å². The number of rotatable bonds is 5. The minimum atomic E-state index is -0.415. The highest BCUT2D eigenvalue weighted by molar-refractivity contribution is 8.27. The van der Waals surface area contributed by atoms with Gasteiger partial charge in [-0.2, -0.15) is 0 Å². The zero-order chi connectivity index (χ0) is 22.0. The van der Waals surface area contributed by atoms with Gasteiger partial charge in [-0.1, -0.05) is 67.0 Å². The summed E-state index contributed by atoms with van der Waals surface area (Å²) in [5.74, 6) is -0.275. The summed E-state index contributed by atoms with van der Waals surface area (Å²) in [6.07, 6.45) is 7.65. The fraction of sp³-hybridized carbons (Fsp3) is 0.273. The molecule has 1 aliphatic carbocycles. The number of benzene rings is 2. The number of nitrogens with zero attached hydrogens (tertiary/aromatic N) is 2. The highest BCUT2D eigenvalue weighted by Crippen LogP contribution is 2.41. The van der Waals surface area contributed by atoms with Crippen molar-refractivity contribution in [2.45, 2.75) is 42.2 Å². The zero-order valence-electron chi connectivity index (χ0n) is 16.5. The predicted molar refractivity (Wildman–Crippen MR) is 133 cm³/mol. The molecule has 0 spiro atoms. The summed E-state index contributed by atoms with van der Waals surface area (Å²) in [6, 6.07) is 11.9. The van der Waals surface area contributed by atoms with Gasteiger partial charge in [-0.25, -0.2) is 0 Å². The standard InChI is InChI=1S/C22H19ClN2O3S3/c23-17-8-4-5-9-18(17)24-21(26)20(31-22(24)29)13-14-12-15(25(27)28)10-11-19(14)30-16-6-2-1-3-7-16/h4-5,8-13,16H,1-3,6-7H2/b20-13+. The molecule has 9 heteroatoms. The summed E-state index contributed by atoms with van der Waals surface area (Å²) in [6.45, 7) is 0. The fourth-order valence-electron chi connectivity index (χ4n) is 3.68. The topological polar surface area (TPSA) is 63.4 Å². The molecule has 4 rings (SSSR count). The quantitative estimate of drug-likeness (QED) is 0.193. The van der Waals surface area contributed by atoms with E-state index in [0.717, 1.165) is 17.7 Å². The summed E-state index contributed by atoms with van der Waals surface area (Å²) in [5.41, 5.74) is 1.20. The molecule has 160 valence electrons. The molecular formula is C22H19ClN2O3S3. The molecule has 2 aromatic carbocycles. The van der Waals surface area contributed by atoms with Gasteiger partial charge in [0.15, 0.2) is 4.32 Å². The molecule has 5 nitrogen and oxygen atoms in total. The van der Waals surface area contributed by atoms with Gasteiger partial charge in [0.1, 0.15) is 0 Å². The predicted octanol–water partition coefficient (Wildman–Crippen LogP) is 7.08. The van der Waals surface area contributed by atoms with E-state index in [-0.39, 0.29) is 11.6 Å². The van der Waals surface area contributed by atoms with E-state index in [1.807, 2.05) is 0 Å². The van der Waals surface area contributed by atoms with Crippen LogP contribution in [0.1, 0.15) is 37.7 Å². The Kier molecular flexibility index (Phi) is 7.01. The number of hydrogen-bond acceptors (Lipinski definition) is 6. The number of nitro groups is 1. The smallest absolute Gasteiger partial charge is 0.268 e. The Morgan fingerprint density at radius 2 is 1.94 bits per heavy atom. The Morgan fingerprint density at radius 3 is 2.65 bits per heavy atom. The number of para-hydroxylation sites is 1. The first-order valence-corrected chi connectivity index (χ1v) is 12.4. The number of hydrogen-bond donors (Lipinski definition) is 0. The third-order valence-electron chi connectivity index (χ3n) is 5.22. The normalized spacial score (nSPS) is 18.7. The second-order valence-corrected chi connectivity index (χ2v) is 10.8. The number of nitro benzene ring substituents is 1. The molecule has 0 atom stereocenters. The number of amides is 1. The van der Waals surface area contributed by atoms with Crippen LogP contribution in [0.2, 0.25) is 5.02 Å². The Hall–Kier alpha value is -1.87. The average Bonchev–Trinajstić information content (AvgIpc) is 3.03. The fourth-order valence-corrected chi connectivity index (χ4v) is 6.51. The maximum atomic E-state index is 13.1. The van der Waals surface area contributed by atoms with Crippen LogP contribution in [-0.2, 0) is 4.79 Å². The third-order valence-corrected chi connectivity index (χ3v) is 8.28. The van der Waals surface area contributed by atoms with Gasteiger partial charge in [0, 0.05) is 22.3 Å². The largest absolute Gasteiger partial charge is 0.270 e. The van der Waals surface area contributed by atoms with E-state index in [1.54, 1.807) is 48.2 Å². The first-order valence-electron chi connectivity index (χ1n) is 9.91. The number of anilines is 1. The van der Waals surface area contributed by atoms with Gasteiger partial charge in [0.2, 0.25) is 0 Å². The summed E-state index contributed by atoms with van der Waals surface area (Å²) in [4.78, 5) is 26.9. The Labute approximate surface area is 199 Å². The van der Waals surface area contributed by atoms with Crippen molar-refractivity contribution in [1.82, 2.24) is 0 Å². The lowest BCUT2D eigenvalue weighted by Crippen LogP contribution is -2.27. The van der Waals surface area contributed by atoms with Crippen molar-refractivity contribution in [3.63, 3.8) is 0 Å². The van der Waals surface area contributed by atoms with Crippen molar-refractivity contribution in [3.05, 3.63) is 68.1 Å². The van der Waals surface area contributed by atoms with Crippen LogP contribution < -0.4 is 4.90 Å². The van der Waals surface area contributed by atoms with Crippen molar-refractivity contribution < 1.29 is 9.72 Å². The van der Waals surface area contributed by atoms with E-state index in [2.05, 4.69) is 0 Å². The van der Waals surface area contributed by atoms with Crippen molar-refractivity contribution in [2.75, 3.05) is 4.90 Å². The summed E-state index contributed by atoms with van der Waals surface area (Å²) >= 11 is 14.6. The van der Waals surface area contributed by atoms with E-state index in [9.17, 15) is 14.9 Å². The molecule has 31 heavy (non-hydrogen) atoms. The van der Waals surface area contributed by atoms with Crippen LogP contribution >= 0.6 is 47.3 Å². The van der Waals surface area contributed by atoms with Gasteiger partial charge in [-0.3, -0.25) is 19.8 Å². The number of carbonyl (C=O) groups is 1. The van der Waals surface area contributed by atoms with Crippen LogP contribution in [0.5, 0.6) is 0 Å². The van der Waals surface area contributed by atoms with E-state index in [0.29, 0.717) is 30.7 Å². The molecule has 2 fully saturated rings. The van der Waals surface area contributed by atoms with Gasteiger partial charge in [-0.05, 0) is 42.7 Å². The number of thiocarbonyl (C=S) groups is 1. The second kappa shape index (κ2) is 9.73. The number of carbonyl (C=O) groups excluding carboxylic acids is 1. The number of non-ortho nitro benzene ring substituents is 1. The number of halogens is 1. The summed E-state index contributed by atoms with van der Waals surface area (Å²) in [7, 11) is 0. The second-order valence-electron chi connectivity index (χ2n) is 7.33. The van der Waals surface area contributed by atoms with Gasteiger partial charge >= 0.3 is 0 Å². The van der Waals surface area contributed by atoms with Crippen LogP contribution in [0.15, 0.2) is 52.3 Å². The van der Waals surface area contributed by atoms with Crippen LogP contribution in [0, 0.1) is 10.1 Å². The van der Waals surface area contributed by atoms with Crippen LogP contribution in [0.25, 0.3) is 6.08 Å². The molecule has 1 amide bonds. The van der Waals surface area contributed by atoms with Crippen molar-refractivity contribution in [1.29, 1.82) is 0 Å². The molecule has 1 saturated carbocycles. The first-order chi connectivity index (χ1) is 14.9. The van der Waals surface area contributed by atoms with Crippen molar-refractivity contribution in [3.8, 4) is 0 Å². The highest BCUT2D eigenvalue weighted by atomic mass is 35.5. The van der Waals surface area contributed by atoms with E-state index in [1.165, 1.54) is 48.1 Å². The van der Waals surface area contributed by atoms with Crippen LogP contribution in [-0.4, -0.2) is 20.4 Å². The Balaban J connectivity index is 1.68. The maximum Gasteiger partial charge on any atom is 0.270 e. The molecule has 0 unspecified atom stereocenters. The van der Waals surface area contributed by atoms with Crippen molar-refractivity contribution >= 4 is 75.0 Å². The molecule has 2 aromatic rings. The monoisotopic (exact) mass is 490 g/mol. The zero-order valence-corrected chi connectivity index (χ0v) is 19.7. The minimum absolute atomic E-state index is 0.000765. The molecule has 0 N–H and O–H groups in total. The summed E-state index contributed by atoms with van der Waals surface area (Å²) < 4.78 is 0.385. The lowest BCUT2D eigenvalue weighted by Gasteiger charge is -2.21. The SMILES string of the molecule is O=C1/C(=C\c2cc([N+](=O)[O-])ccc2SC2CCCCC2)SC(=S)N1c1ccccc1Cl. The van der Waals surface area contributed by atoms with Gasteiger partial charge in [0.05, 0.1) is 20.5 Å². The number of thioether (sulfide) groups is 2. The molecule has 1 saturated heterocycles.